The van der Waals surface area contributed by atoms with Crippen LogP contribution in [0.2, 0.25) is 0 Å². The molecule has 2 heteroatoms. The van der Waals surface area contributed by atoms with Crippen LogP contribution in [-0.4, -0.2) is 6.61 Å². The van der Waals surface area contributed by atoms with Crippen molar-refractivity contribution in [3.8, 4) is 5.75 Å². The van der Waals surface area contributed by atoms with E-state index < -0.39 is 0 Å². The second-order valence-electron chi connectivity index (χ2n) is 3.24. The zero-order chi connectivity index (χ0) is 8.55. The van der Waals surface area contributed by atoms with E-state index in [9.17, 15) is 0 Å². The van der Waals surface area contributed by atoms with Crippen LogP contribution in [0.1, 0.15) is 23.6 Å². The molecule has 1 aromatic carbocycles. The summed E-state index contributed by atoms with van der Waals surface area (Å²) in [4.78, 5) is 0. The summed E-state index contributed by atoms with van der Waals surface area (Å²) in [6.07, 6.45) is 0.927. The van der Waals surface area contributed by atoms with Crippen molar-refractivity contribution in [2.75, 3.05) is 6.61 Å². The molecule has 12 heavy (non-hydrogen) atoms. The molecule has 0 bridgehead atoms. The lowest BCUT2D eigenvalue weighted by Gasteiger charge is -2.24. The van der Waals surface area contributed by atoms with Gasteiger partial charge in [-0.25, -0.2) is 0 Å². The van der Waals surface area contributed by atoms with Gasteiger partial charge in [0.1, 0.15) is 5.75 Å². The van der Waals surface area contributed by atoms with E-state index in [0.29, 0.717) is 0 Å². The highest BCUT2D eigenvalue weighted by Crippen LogP contribution is 2.32. The normalized spacial score (nSPS) is 21.3. The molecule has 2 nitrogen and oxygen atoms in total. The molecule has 0 spiro atoms. The Bertz CT molecular complexity index is 296. The number of ether oxygens (including phenoxy) is 1. The smallest absolute Gasteiger partial charge is 0.126 e. The van der Waals surface area contributed by atoms with E-state index in [1.54, 1.807) is 0 Å². The molecule has 0 fully saturated rings. The van der Waals surface area contributed by atoms with E-state index in [2.05, 4.69) is 13.0 Å². The number of hydrogen-bond donors (Lipinski definition) is 1. The first-order valence-electron chi connectivity index (χ1n) is 4.27. The molecule has 0 saturated carbocycles. The highest BCUT2D eigenvalue weighted by Gasteiger charge is 2.18. The van der Waals surface area contributed by atoms with Crippen molar-refractivity contribution >= 4 is 0 Å². The Balaban J connectivity index is 2.52. The minimum atomic E-state index is 0.161. The first-order valence-corrected chi connectivity index (χ1v) is 4.27. The maximum atomic E-state index is 5.94. The Morgan fingerprint density at radius 3 is 3.08 bits per heavy atom. The van der Waals surface area contributed by atoms with Crippen LogP contribution < -0.4 is 10.5 Å². The minimum absolute atomic E-state index is 0.161. The Labute approximate surface area is 72.3 Å². The van der Waals surface area contributed by atoms with Gasteiger partial charge in [-0.15, -0.1) is 0 Å². The fourth-order valence-corrected chi connectivity index (χ4v) is 1.61. The van der Waals surface area contributed by atoms with E-state index in [4.69, 9.17) is 10.5 Å². The molecule has 2 N–H and O–H groups in total. The monoisotopic (exact) mass is 163 g/mol. The Hall–Kier alpha value is -1.02. The van der Waals surface area contributed by atoms with Crippen LogP contribution in [0.5, 0.6) is 5.75 Å². The van der Waals surface area contributed by atoms with Crippen LogP contribution in [0, 0.1) is 6.92 Å². The van der Waals surface area contributed by atoms with Gasteiger partial charge in [-0.05, 0) is 12.5 Å². The minimum Gasteiger partial charge on any atom is -0.493 e. The van der Waals surface area contributed by atoms with Crippen molar-refractivity contribution in [2.45, 2.75) is 19.4 Å². The van der Waals surface area contributed by atoms with Crippen LogP contribution in [0.15, 0.2) is 18.2 Å². The average Bonchev–Trinajstić information content (AvgIpc) is 2.07. The van der Waals surface area contributed by atoms with Gasteiger partial charge >= 0.3 is 0 Å². The first kappa shape index (κ1) is 7.62. The molecular formula is C10H13NO. The predicted octanol–water partition coefficient (Wildman–Crippen LogP) is 1.78. The van der Waals surface area contributed by atoms with E-state index in [1.165, 1.54) is 5.56 Å². The molecule has 0 aromatic heterocycles. The summed E-state index contributed by atoms with van der Waals surface area (Å²) in [5, 5.41) is 0. The number of rotatable bonds is 0. The lowest BCUT2D eigenvalue weighted by molar-refractivity contribution is 0.267. The van der Waals surface area contributed by atoms with E-state index in [-0.39, 0.29) is 6.04 Å². The summed E-state index contributed by atoms with van der Waals surface area (Å²) in [6.45, 7) is 2.80. The summed E-state index contributed by atoms with van der Waals surface area (Å²) < 4.78 is 5.54. The Kier molecular flexibility index (Phi) is 1.77. The number of nitrogens with two attached hydrogens (primary N) is 1. The van der Waals surface area contributed by atoms with Gasteiger partial charge in [-0.3, -0.25) is 0 Å². The fraction of sp³-hybridized carbons (Fsp3) is 0.400. The second kappa shape index (κ2) is 2.79. The first-order chi connectivity index (χ1) is 5.79. The van der Waals surface area contributed by atoms with E-state index >= 15 is 0 Å². The van der Waals surface area contributed by atoms with Gasteiger partial charge in [0.05, 0.1) is 6.61 Å². The van der Waals surface area contributed by atoms with E-state index in [1.807, 2.05) is 12.1 Å². The fourth-order valence-electron chi connectivity index (χ4n) is 1.61. The summed E-state index contributed by atoms with van der Waals surface area (Å²) in [5.41, 5.74) is 8.27. The quantitative estimate of drug-likeness (QED) is 0.632. The lowest BCUT2D eigenvalue weighted by Crippen LogP contribution is -2.20. The number of para-hydroxylation sites is 1. The zero-order valence-electron chi connectivity index (χ0n) is 7.21. The highest BCUT2D eigenvalue weighted by molar-refractivity contribution is 5.43. The largest absolute Gasteiger partial charge is 0.493 e. The van der Waals surface area contributed by atoms with Crippen molar-refractivity contribution in [1.82, 2.24) is 0 Å². The van der Waals surface area contributed by atoms with Gasteiger partial charge in [0.2, 0.25) is 0 Å². The van der Waals surface area contributed by atoms with Crippen LogP contribution >= 0.6 is 0 Å². The molecule has 2 rings (SSSR count). The molecule has 0 amide bonds. The molecule has 1 aromatic rings. The molecule has 1 aliphatic heterocycles. The summed E-state index contributed by atoms with van der Waals surface area (Å²) in [5.74, 6) is 0.997. The second-order valence-corrected chi connectivity index (χ2v) is 3.24. The van der Waals surface area contributed by atoms with Gasteiger partial charge in [0, 0.05) is 18.0 Å². The van der Waals surface area contributed by atoms with Gasteiger partial charge in [0.15, 0.2) is 0 Å². The maximum absolute atomic E-state index is 5.94. The highest BCUT2D eigenvalue weighted by atomic mass is 16.5. The van der Waals surface area contributed by atoms with Gasteiger partial charge in [-0.1, -0.05) is 18.2 Å². The van der Waals surface area contributed by atoms with Crippen LogP contribution in [0.4, 0.5) is 0 Å². The predicted molar refractivity (Wildman–Crippen MR) is 48.2 cm³/mol. The molecule has 0 aliphatic carbocycles. The van der Waals surface area contributed by atoms with Crippen molar-refractivity contribution < 1.29 is 4.74 Å². The molecule has 0 unspecified atom stereocenters. The van der Waals surface area contributed by atoms with Crippen molar-refractivity contribution in [1.29, 1.82) is 0 Å². The topological polar surface area (TPSA) is 35.2 Å². The van der Waals surface area contributed by atoms with Crippen LogP contribution in [0.25, 0.3) is 0 Å². The van der Waals surface area contributed by atoms with Gasteiger partial charge in [-0.2, -0.15) is 0 Å². The number of benzene rings is 1. The average molecular weight is 163 g/mol. The third-order valence-electron chi connectivity index (χ3n) is 2.32. The number of aryl methyl sites for hydroxylation is 1. The molecule has 64 valence electrons. The summed E-state index contributed by atoms with van der Waals surface area (Å²) >= 11 is 0. The maximum Gasteiger partial charge on any atom is 0.126 e. The lowest BCUT2D eigenvalue weighted by atomic mass is 9.99. The van der Waals surface area contributed by atoms with E-state index in [0.717, 1.165) is 24.3 Å². The molecule has 0 saturated heterocycles. The molecule has 1 atom stereocenters. The van der Waals surface area contributed by atoms with Crippen molar-refractivity contribution in [3.05, 3.63) is 29.3 Å². The van der Waals surface area contributed by atoms with Crippen LogP contribution in [0.3, 0.4) is 0 Å². The Morgan fingerprint density at radius 1 is 1.50 bits per heavy atom. The third-order valence-corrected chi connectivity index (χ3v) is 2.32. The van der Waals surface area contributed by atoms with Crippen LogP contribution in [-0.2, 0) is 0 Å². The van der Waals surface area contributed by atoms with Crippen molar-refractivity contribution in [2.24, 2.45) is 5.73 Å². The number of hydrogen-bond acceptors (Lipinski definition) is 2. The summed E-state index contributed by atoms with van der Waals surface area (Å²) in [7, 11) is 0. The Morgan fingerprint density at radius 2 is 2.33 bits per heavy atom. The SMILES string of the molecule is Cc1cccc2c1OCC[C@@H]2N. The summed E-state index contributed by atoms with van der Waals surface area (Å²) in [6, 6.07) is 6.29. The molecular weight excluding hydrogens is 150 g/mol. The third kappa shape index (κ3) is 1.08. The standard InChI is InChI=1S/C10H13NO/c1-7-3-2-4-8-9(11)5-6-12-10(7)8/h2-4,9H,5-6,11H2,1H3/t9-/m0/s1. The number of fused-ring (bicyclic) bond motifs is 1. The zero-order valence-corrected chi connectivity index (χ0v) is 7.21. The van der Waals surface area contributed by atoms with Gasteiger partial charge < -0.3 is 10.5 Å². The molecule has 1 aliphatic rings. The van der Waals surface area contributed by atoms with Crippen molar-refractivity contribution in [3.63, 3.8) is 0 Å². The molecule has 0 radical (unpaired) electrons. The van der Waals surface area contributed by atoms with Gasteiger partial charge in [0.25, 0.3) is 0 Å². The molecule has 1 heterocycles.